The number of hydrogen-bond donors (Lipinski definition) is 2. The van der Waals surface area contributed by atoms with E-state index < -0.39 is 21.4 Å². The fourth-order valence-corrected chi connectivity index (χ4v) is 6.94. The molecule has 2 aliphatic heterocycles. The Balaban J connectivity index is 1.61. The molecule has 0 aromatic heterocycles. The lowest BCUT2D eigenvalue weighted by molar-refractivity contribution is 0.128. The number of benzene rings is 3. The molecule has 6 nitrogen and oxygen atoms in total. The van der Waals surface area contributed by atoms with Crippen LogP contribution in [0.3, 0.4) is 0 Å². The molecule has 2 N–H and O–H groups in total. The molecule has 0 saturated carbocycles. The molecule has 7 heteroatoms. The van der Waals surface area contributed by atoms with Gasteiger partial charge in [-0.05, 0) is 72.0 Å². The highest BCUT2D eigenvalue weighted by Crippen LogP contribution is 2.51. The van der Waals surface area contributed by atoms with Crippen molar-refractivity contribution in [3.05, 3.63) is 90.0 Å². The van der Waals surface area contributed by atoms with Gasteiger partial charge in [-0.1, -0.05) is 42.5 Å². The number of fused-ring (bicyclic) bond motifs is 2. The van der Waals surface area contributed by atoms with Gasteiger partial charge in [-0.2, -0.15) is 0 Å². The second-order valence-corrected chi connectivity index (χ2v) is 10.4. The van der Waals surface area contributed by atoms with Crippen LogP contribution in [-0.2, 0) is 14.8 Å². The zero-order valence-corrected chi connectivity index (χ0v) is 18.9. The lowest BCUT2D eigenvalue weighted by Gasteiger charge is -2.31. The summed E-state index contributed by atoms with van der Waals surface area (Å²) in [7, 11) is -3.71. The third-order valence-corrected chi connectivity index (χ3v) is 8.66. The van der Waals surface area contributed by atoms with Gasteiger partial charge in [0.1, 0.15) is 22.9 Å². The summed E-state index contributed by atoms with van der Waals surface area (Å²) in [5, 5.41) is 18.8. The number of anilines is 1. The minimum Gasteiger partial charge on any atom is -0.508 e. The largest absolute Gasteiger partial charge is 0.508 e. The molecule has 3 aromatic rings. The fourth-order valence-electron chi connectivity index (χ4n) is 4.91. The van der Waals surface area contributed by atoms with Crippen LogP contribution in [0.5, 0.6) is 11.5 Å². The monoisotopic (exact) mass is 463 g/mol. The second-order valence-electron chi connectivity index (χ2n) is 8.29. The Labute approximate surface area is 193 Å². The van der Waals surface area contributed by atoms with E-state index in [0.717, 1.165) is 22.3 Å². The Hall–Kier alpha value is -3.29. The normalized spacial score (nSPS) is 22.0. The topological polar surface area (TPSA) is 87.1 Å². The van der Waals surface area contributed by atoms with Gasteiger partial charge >= 0.3 is 0 Å². The second kappa shape index (κ2) is 8.24. The minimum atomic E-state index is -3.71. The van der Waals surface area contributed by atoms with E-state index in [2.05, 4.69) is 0 Å². The van der Waals surface area contributed by atoms with Gasteiger partial charge in [0.15, 0.2) is 0 Å². The van der Waals surface area contributed by atoms with E-state index in [9.17, 15) is 18.6 Å². The van der Waals surface area contributed by atoms with E-state index in [-0.39, 0.29) is 17.6 Å². The summed E-state index contributed by atoms with van der Waals surface area (Å²) in [5.74, 6) is 0.302. The number of hydrogen-bond acceptors (Lipinski definition) is 5. The highest BCUT2D eigenvalue weighted by molar-refractivity contribution is 7.93. The van der Waals surface area contributed by atoms with Crippen LogP contribution in [0.4, 0.5) is 5.69 Å². The van der Waals surface area contributed by atoms with Crippen molar-refractivity contribution in [3.8, 4) is 11.5 Å². The predicted octanol–water partition coefficient (Wildman–Crippen LogP) is 4.40. The standard InChI is InChI=1S/C26H25NO5S/c1-2-27(19-6-4-3-5-7-19)33(30,31)23-16-22-24(17-8-12-20(28)13-9-17)25(26(23)32-22)18-10-14-21(29)15-11-18/h3-15,22-23,26,28-29H,2,16H2,1H3/t22-,23+,26+/m1/s1. The maximum absolute atomic E-state index is 13.8. The van der Waals surface area contributed by atoms with Crippen molar-refractivity contribution in [2.24, 2.45) is 0 Å². The third-order valence-electron chi connectivity index (χ3n) is 6.37. The minimum absolute atomic E-state index is 0.139. The Bertz CT molecular complexity index is 1280. The molecule has 1 saturated heterocycles. The number of phenols is 2. The Morgan fingerprint density at radius 1 is 0.848 bits per heavy atom. The first-order valence-corrected chi connectivity index (χ1v) is 12.5. The molecule has 33 heavy (non-hydrogen) atoms. The van der Waals surface area contributed by atoms with Gasteiger partial charge < -0.3 is 14.9 Å². The Morgan fingerprint density at radius 3 is 1.94 bits per heavy atom. The van der Waals surface area contributed by atoms with E-state index in [4.69, 9.17) is 4.74 Å². The molecule has 2 heterocycles. The highest BCUT2D eigenvalue weighted by atomic mass is 32.2. The molecule has 3 aromatic carbocycles. The van der Waals surface area contributed by atoms with E-state index in [1.165, 1.54) is 4.31 Å². The molecule has 0 spiro atoms. The van der Waals surface area contributed by atoms with Crippen LogP contribution in [0.25, 0.3) is 11.1 Å². The van der Waals surface area contributed by atoms with Gasteiger partial charge in [0.2, 0.25) is 10.0 Å². The summed E-state index contributed by atoms with van der Waals surface area (Å²) in [6.45, 7) is 2.15. The summed E-state index contributed by atoms with van der Waals surface area (Å²) >= 11 is 0. The molecule has 0 aliphatic carbocycles. The van der Waals surface area contributed by atoms with Crippen molar-refractivity contribution in [1.29, 1.82) is 0 Å². The predicted molar refractivity (Wildman–Crippen MR) is 128 cm³/mol. The molecule has 0 amide bonds. The molecule has 2 aliphatic rings. The summed E-state index contributed by atoms with van der Waals surface area (Å²) in [6.07, 6.45) is -0.655. The van der Waals surface area contributed by atoms with Crippen molar-refractivity contribution in [2.45, 2.75) is 30.8 Å². The van der Waals surface area contributed by atoms with E-state index in [0.29, 0.717) is 18.7 Å². The van der Waals surface area contributed by atoms with Gasteiger partial charge in [0.25, 0.3) is 0 Å². The fraction of sp³-hybridized carbons (Fsp3) is 0.231. The van der Waals surface area contributed by atoms with Crippen LogP contribution >= 0.6 is 0 Å². The average Bonchev–Trinajstić information content (AvgIpc) is 3.41. The molecule has 0 radical (unpaired) electrons. The number of rotatable bonds is 6. The van der Waals surface area contributed by atoms with Crippen molar-refractivity contribution < 1.29 is 23.4 Å². The summed E-state index contributed by atoms with van der Waals surface area (Å²) in [6, 6.07) is 22.7. The summed E-state index contributed by atoms with van der Waals surface area (Å²) < 4.78 is 35.4. The Kier molecular flexibility index (Phi) is 5.38. The number of phenolic OH excluding ortho intramolecular Hbond substituents is 2. The smallest absolute Gasteiger partial charge is 0.241 e. The lowest BCUT2D eigenvalue weighted by Crippen LogP contribution is -2.43. The lowest BCUT2D eigenvalue weighted by atomic mass is 9.83. The maximum atomic E-state index is 13.8. The average molecular weight is 464 g/mol. The van der Waals surface area contributed by atoms with Crippen molar-refractivity contribution >= 4 is 26.9 Å². The molecule has 5 rings (SSSR count). The van der Waals surface area contributed by atoms with Gasteiger partial charge in [-0.25, -0.2) is 8.42 Å². The zero-order chi connectivity index (χ0) is 23.2. The summed E-state index contributed by atoms with van der Waals surface area (Å²) in [5.41, 5.74) is 4.08. The van der Waals surface area contributed by atoms with Gasteiger partial charge in [0, 0.05) is 6.54 Å². The first-order chi connectivity index (χ1) is 15.9. The summed E-state index contributed by atoms with van der Waals surface area (Å²) in [4.78, 5) is 0. The van der Waals surface area contributed by atoms with Gasteiger partial charge in [-0.15, -0.1) is 0 Å². The molecule has 3 atom stereocenters. The van der Waals surface area contributed by atoms with Crippen LogP contribution in [0, 0.1) is 0 Å². The number of ether oxygens (including phenoxy) is 1. The van der Waals surface area contributed by atoms with E-state index in [1.807, 2.05) is 37.3 Å². The molecular weight excluding hydrogens is 438 g/mol. The van der Waals surface area contributed by atoms with Crippen LogP contribution in [-0.4, -0.2) is 42.6 Å². The van der Waals surface area contributed by atoms with Crippen molar-refractivity contribution in [2.75, 3.05) is 10.8 Å². The van der Waals surface area contributed by atoms with Crippen molar-refractivity contribution in [1.82, 2.24) is 0 Å². The van der Waals surface area contributed by atoms with Gasteiger partial charge in [-0.3, -0.25) is 4.31 Å². The van der Waals surface area contributed by atoms with Crippen LogP contribution in [0.2, 0.25) is 0 Å². The number of nitrogens with zero attached hydrogens (tertiary/aromatic N) is 1. The quantitative estimate of drug-likeness (QED) is 0.566. The van der Waals surface area contributed by atoms with Crippen LogP contribution < -0.4 is 4.31 Å². The molecule has 170 valence electrons. The number of para-hydroxylation sites is 1. The first kappa shape index (κ1) is 21.6. The van der Waals surface area contributed by atoms with Gasteiger partial charge in [0.05, 0.1) is 11.8 Å². The molecule has 2 bridgehead atoms. The first-order valence-electron chi connectivity index (χ1n) is 10.9. The zero-order valence-electron chi connectivity index (χ0n) is 18.1. The SMILES string of the molecule is CCN(c1ccccc1)S(=O)(=O)[C@H]1C[C@H]2O[C@@H]1C(c1ccc(O)cc1)=C2c1ccc(O)cc1. The molecular formula is C26H25NO5S. The molecule has 0 unspecified atom stereocenters. The third kappa shape index (κ3) is 3.67. The maximum Gasteiger partial charge on any atom is 0.241 e. The van der Waals surface area contributed by atoms with Crippen molar-refractivity contribution in [3.63, 3.8) is 0 Å². The molecule has 1 fully saturated rings. The van der Waals surface area contributed by atoms with Crippen LogP contribution in [0.15, 0.2) is 78.9 Å². The Morgan fingerprint density at radius 2 is 1.39 bits per heavy atom. The number of sulfonamides is 1. The number of aromatic hydroxyl groups is 2. The highest BCUT2D eigenvalue weighted by Gasteiger charge is 2.54. The van der Waals surface area contributed by atoms with E-state index in [1.54, 1.807) is 48.5 Å². The van der Waals surface area contributed by atoms with E-state index >= 15 is 0 Å². The van der Waals surface area contributed by atoms with Crippen LogP contribution in [0.1, 0.15) is 24.5 Å².